The van der Waals surface area contributed by atoms with E-state index >= 15 is 0 Å². The Morgan fingerprint density at radius 3 is 2.62 bits per heavy atom. The Kier molecular flexibility index (Phi) is 4.67. The topological polar surface area (TPSA) is 12.0 Å². The van der Waals surface area contributed by atoms with Gasteiger partial charge in [-0.3, -0.25) is 0 Å². The lowest BCUT2D eigenvalue weighted by Gasteiger charge is -1.93. The third-order valence-corrected chi connectivity index (χ3v) is 0.905. The van der Waals surface area contributed by atoms with Gasteiger partial charge in [-0.1, -0.05) is 18.6 Å². The zero-order valence-corrected chi connectivity index (χ0v) is 5.99. The molecule has 0 aromatic heterocycles. The highest BCUT2D eigenvalue weighted by atomic mass is 14.8. The van der Waals surface area contributed by atoms with Crippen LogP contribution in [0.5, 0.6) is 0 Å². The fourth-order valence-electron chi connectivity index (χ4n) is 0.421. The first-order chi connectivity index (χ1) is 3.77. The van der Waals surface area contributed by atoms with E-state index in [9.17, 15) is 0 Å². The molecule has 0 aliphatic rings. The van der Waals surface area contributed by atoms with E-state index in [-0.39, 0.29) is 1.43 Å². The van der Waals surface area contributed by atoms with Gasteiger partial charge in [0.1, 0.15) is 0 Å². The van der Waals surface area contributed by atoms with Crippen LogP contribution in [0.25, 0.3) is 0 Å². The van der Waals surface area contributed by atoms with Crippen LogP contribution in [0.4, 0.5) is 0 Å². The molecule has 0 saturated carbocycles. The largest absolute Gasteiger partial charge is 0.314 e. The molecule has 1 N–H and O–H groups in total. The number of allylic oxidation sites excluding steroid dienone is 1. The van der Waals surface area contributed by atoms with Crippen molar-refractivity contribution < 1.29 is 1.43 Å². The molecule has 0 bridgehead atoms. The zero-order chi connectivity index (χ0) is 6.41. The predicted molar refractivity (Wildman–Crippen MR) is 40.1 cm³/mol. The second kappa shape index (κ2) is 4.85. The first-order valence-corrected chi connectivity index (χ1v) is 3.11. The second-order valence-electron chi connectivity index (χ2n) is 2.09. The predicted octanol–water partition coefficient (Wildman–Crippen LogP) is 1.81. The van der Waals surface area contributed by atoms with Crippen molar-refractivity contribution in [3.05, 3.63) is 11.6 Å². The quantitative estimate of drug-likeness (QED) is 0.437. The summed E-state index contributed by atoms with van der Waals surface area (Å²) in [6.07, 6.45) is 2.18. The molecule has 1 heteroatoms. The van der Waals surface area contributed by atoms with E-state index in [4.69, 9.17) is 0 Å². The van der Waals surface area contributed by atoms with Crippen LogP contribution in [-0.2, 0) is 0 Å². The van der Waals surface area contributed by atoms with Crippen molar-refractivity contribution in [2.75, 3.05) is 13.1 Å². The fraction of sp³-hybridized carbons (Fsp3) is 0.714. The summed E-state index contributed by atoms with van der Waals surface area (Å²) in [5.74, 6) is 0. The van der Waals surface area contributed by atoms with Crippen molar-refractivity contribution in [1.29, 1.82) is 0 Å². The van der Waals surface area contributed by atoms with Gasteiger partial charge in [0.2, 0.25) is 0 Å². The molecular formula is C7H17N. The van der Waals surface area contributed by atoms with Gasteiger partial charge in [0, 0.05) is 7.97 Å². The van der Waals surface area contributed by atoms with Crippen LogP contribution in [0.15, 0.2) is 11.6 Å². The fourth-order valence-corrected chi connectivity index (χ4v) is 0.421. The lowest BCUT2D eigenvalue weighted by atomic mass is 10.3. The van der Waals surface area contributed by atoms with Gasteiger partial charge in [0.15, 0.2) is 0 Å². The molecule has 0 saturated heterocycles. The van der Waals surface area contributed by atoms with Crippen molar-refractivity contribution in [2.24, 2.45) is 0 Å². The molecule has 0 spiro atoms. The van der Waals surface area contributed by atoms with Crippen LogP contribution in [0, 0.1) is 0 Å². The number of rotatable bonds is 3. The van der Waals surface area contributed by atoms with Crippen molar-refractivity contribution in [3.63, 3.8) is 0 Å². The van der Waals surface area contributed by atoms with Crippen LogP contribution in [0.3, 0.4) is 0 Å². The average molecular weight is 115 g/mol. The summed E-state index contributed by atoms with van der Waals surface area (Å²) in [5.41, 5.74) is 1.38. The van der Waals surface area contributed by atoms with E-state index in [0.29, 0.717) is 0 Å². The monoisotopic (exact) mass is 115 g/mol. The molecule has 0 aromatic rings. The summed E-state index contributed by atoms with van der Waals surface area (Å²) in [5, 5.41) is 3.20. The highest BCUT2D eigenvalue weighted by molar-refractivity contribution is 4.93. The second-order valence-corrected chi connectivity index (χ2v) is 2.09. The molecule has 0 rings (SSSR count). The third kappa shape index (κ3) is 5.70. The molecule has 0 aliphatic heterocycles. The smallest absolute Gasteiger partial charge is 0.0137 e. The lowest BCUT2D eigenvalue weighted by molar-refractivity contribution is 0.796. The molecule has 50 valence electrons. The maximum absolute atomic E-state index is 3.20. The van der Waals surface area contributed by atoms with Gasteiger partial charge in [0.25, 0.3) is 0 Å². The standard InChI is InChI=1S/C7H15N.H2/c1-4-8-6-5-7(2)3;/h5,8H,4,6H2,1-3H3;1H. The molecular weight excluding hydrogens is 98.1 g/mol. The molecule has 0 atom stereocenters. The van der Waals surface area contributed by atoms with E-state index in [2.05, 4.69) is 32.2 Å². The SMILES string of the molecule is CCNCC=C(C)C.[HH]. The van der Waals surface area contributed by atoms with E-state index in [0.717, 1.165) is 13.1 Å². The molecule has 0 aliphatic carbocycles. The summed E-state index contributed by atoms with van der Waals surface area (Å²) in [4.78, 5) is 0. The first-order valence-electron chi connectivity index (χ1n) is 3.11. The van der Waals surface area contributed by atoms with Crippen LogP contribution < -0.4 is 5.32 Å². The van der Waals surface area contributed by atoms with Crippen LogP contribution in [-0.4, -0.2) is 13.1 Å². The van der Waals surface area contributed by atoms with Gasteiger partial charge >= 0.3 is 0 Å². The van der Waals surface area contributed by atoms with Crippen molar-refractivity contribution >= 4 is 0 Å². The highest BCUT2D eigenvalue weighted by Crippen LogP contribution is 1.84. The van der Waals surface area contributed by atoms with Gasteiger partial charge < -0.3 is 5.32 Å². The number of hydrogen-bond donors (Lipinski definition) is 1. The van der Waals surface area contributed by atoms with E-state index in [1.807, 2.05) is 0 Å². The first kappa shape index (κ1) is 7.70. The Labute approximate surface area is 53.3 Å². The van der Waals surface area contributed by atoms with Gasteiger partial charge in [0.05, 0.1) is 0 Å². The van der Waals surface area contributed by atoms with E-state index in [1.54, 1.807) is 0 Å². The minimum Gasteiger partial charge on any atom is -0.314 e. The molecule has 0 aromatic carbocycles. The minimum atomic E-state index is 0. The van der Waals surface area contributed by atoms with Crippen molar-refractivity contribution in [2.45, 2.75) is 20.8 Å². The van der Waals surface area contributed by atoms with Crippen LogP contribution >= 0.6 is 0 Å². The Balaban J connectivity index is 0. The molecule has 0 radical (unpaired) electrons. The van der Waals surface area contributed by atoms with E-state index in [1.165, 1.54) is 5.57 Å². The number of hydrogen-bond acceptors (Lipinski definition) is 1. The highest BCUT2D eigenvalue weighted by Gasteiger charge is 1.75. The van der Waals surface area contributed by atoms with Crippen molar-refractivity contribution in [3.8, 4) is 0 Å². The molecule has 0 unspecified atom stereocenters. The number of nitrogens with one attached hydrogen (secondary N) is 1. The normalized spacial score (nSPS) is 8.88. The van der Waals surface area contributed by atoms with Crippen molar-refractivity contribution in [1.82, 2.24) is 5.32 Å². The van der Waals surface area contributed by atoms with Crippen LogP contribution in [0.1, 0.15) is 22.2 Å². The molecule has 0 amide bonds. The Morgan fingerprint density at radius 1 is 1.62 bits per heavy atom. The lowest BCUT2D eigenvalue weighted by Crippen LogP contribution is -2.11. The van der Waals surface area contributed by atoms with Gasteiger partial charge in [-0.05, 0) is 20.4 Å². The molecule has 0 fully saturated rings. The van der Waals surface area contributed by atoms with Gasteiger partial charge in [-0.2, -0.15) is 0 Å². The van der Waals surface area contributed by atoms with Crippen LogP contribution in [0.2, 0.25) is 0 Å². The number of likely N-dealkylation sites (N-methyl/N-ethyl adjacent to an activating group) is 1. The van der Waals surface area contributed by atoms with Gasteiger partial charge in [-0.15, -0.1) is 0 Å². The molecule has 8 heavy (non-hydrogen) atoms. The average Bonchev–Trinajstić information content (AvgIpc) is 1.66. The third-order valence-electron chi connectivity index (χ3n) is 0.905. The maximum Gasteiger partial charge on any atom is 0.0137 e. The summed E-state index contributed by atoms with van der Waals surface area (Å²) in [7, 11) is 0. The Morgan fingerprint density at radius 2 is 2.25 bits per heavy atom. The minimum absolute atomic E-state index is 0. The Hall–Kier alpha value is -0.300. The summed E-state index contributed by atoms with van der Waals surface area (Å²) >= 11 is 0. The molecule has 1 nitrogen and oxygen atoms in total. The summed E-state index contributed by atoms with van der Waals surface area (Å²) in [6.45, 7) is 8.40. The van der Waals surface area contributed by atoms with Gasteiger partial charge in [-0.25, -0.2) is 0 Å². The molecule has 0 heterocycles. The zero-order valence-electron chi connectivity index (χ0n) is 5.99. The summed E-state index contributed by atoms with van der Waals surface area (Å²) < 4.78 is 0. The summed E-state index contributed by atoms with van der Waals surface area (Å²) in [6, 6.07) is 0. The van der Waals surface area contributed by atoms with E-state index < -0.39 is 0 Å². The Bertz CT molecular complexity index is 75.0. The maximum atomic E-state index is 3.20.